The van der Waals surface area contributed by atoms with Crippen LogP contribution >= 0.6 is 11.3 Å². The lowest BCUT2D eigenvalue weighted by Gasteiger charge is -2.04. The van der Waals surface area contributed by atoms with Crippen LogP contribution in [0.15, 0.2) is 0 Å². The average Bonchev–Trinajstić information content (AvgIpc) is 2.89. The van der Waals surface area contributed by atoms with Gasteiger partial charge >= 0.3 is 0 Å². The van der Waals surface area contributed by atoms with Crippen LogP contribution in [0.25, 0.3) is 0 Å². The molecule has 1 aromatic heterocycles. The summed E-state index contributed by atoms with van der Waals surface area (Å²) in [7, 11) is 0. The van der Waals surface area contributed by atoms with Gasteiger partial charge in [0, 0.05) is 17.8 Å². The molecule has 0 unspecified atom stereocenters. The van der Waals surface area contributed by atoms with E-state index in [1.54, 1.807) is 11.3 Å². The van der Waals surface area contributed by atoms with Gasteiger partial charge in [0.05, 0.1) is 5.56 Å². The normalized spacial score (nSPS) is 13.1. The smallest absolute Gasteiger partial charge is 0.226 e. The van der Waals surface area contributed by atoms with Gasteiger partial charge in [0.2, 0.25) is 5.91 Å². The molecule has 0 aromatic carbocycles. The van der Waals surface area contributed by atoms with Crippen molar-refractivity contribution in [2.45, 2.75) is 32.6 Å². The van der Waals surface area contributed by atoms with Crippen molar-refractivity contribution in [3.8, 4) is 6.07 Å². The largest absolute Gasteiger partial charge is 0.317 e. The zero-order chi connectivity index (χ0) is 13.0. The first kappa shape index (κ1) is 13.1. The molecule has 1 amide bonds. The predicted molar refractivity (Wildman–Crippen MR) is 72.8 cm³/mol. The van der Waals surface area contributed by atoms with Gasteiger partial charge in [0.1, 0.15) is 11.1 Å². The van der Waals surface area contributed by atoms with Gasteiger partial charge in [-0.2, -0.15) is 5.26 Å². The second-order valence-electron chi connectivity index (χ2n) is 4.33. The Kier molecular flexibility index (Phi) is 4.34. The summed E-state index contributed by atoms with van der Waals surface area (Å²) in [5.41, 5.74) is 1.84. The topological polar surface area (TPSA) is 64.9 Å². The van der Waals surface area contributed by atoms with E-state index in [0.717, 1.165) is 36.4 Å². The Morgan fingerprint density at radius 2 is 2.33 bits per heavy atom. The lowest BCUT2D eigenvalue weighted by atomic mass is 10.1. The lowest BCUT2D eigenvalue weighted by Crippen LogP contribution is -2.21. The van der Waals surface area contributed by atoms with Crippen molar-refractivity contribution >= 4 is 22.2 Å². The minimum atomic E-state index is -0.0210. The number of fused-ring (bicyclic) bond motifs is 1. The number of aryl methyl sites for hydroxylation is 1. The molecule has 0 spiro atoms. The van der Waals surface area contributed by atoms with Crippen molar-refractivity contribution in [1.29, 1.82) is 5.26 Å². The maximum absolute atomic E-state index is 11.7. The fraction of sp³-hybridized carbons (Fsp3) is 0.538. The van der Waals surface area contributed by atoms with E-state index in [1.165, 1.54) is 4.88 Å². The Morgan fingerprint density at radius 3 is 3.06 bits per heavy atom. The van der Waals surface area contributed by atoms with Crippen LogP contribution in [0, 0.1) is 11.3 Å². The maximum Gasteiger partial charge on any atom is 0.226 e. The van der Waals surface area contributed by atoms with Crippen LogP contribution in [0.4, 0.5) is 5.00 Å². The van der Waals surface area contributed by atoms with Crippen LogP contribution in [0.2, 0.25) is 0 Å². The molecule has 1 aliphatic rings. The fourth-order valence-corrected chi connectivity index (χ4v) is 3.43. The molecule has 0 atom stereocenters. The molecule has 1 aliphatic carbocycles. The number of anilines is 1. The Bertz CT molecular complexity index is 487. The molecular formula is C13H17N3OS. The first-order valence-corrected chi connectivity index (χ1v) is 7.13. The number of nitrogens with one attached hydrogen (secondary N) is 2. The zero-order valence-electron chi connectivity index (χ0n) is 10.5. The summed E-state index contributed by atoms with van der Waals surface area (Å²) >= 11 is 1.57. The molecule has 2 rings (SSSR count). The molecule has 0 bridgehead atoms. The van der Waals surface area contributed by atoms with Gasteiger partial charge in [-0.1, -0.05) is 6.92 Å². The highest BCUT2D eigenvalue weighted by Crippen LogP contribution is 2.38. The molecule has 0 aliphatic heterocycles. The van der Waals surface area contributed by atoms with Crippen LogP contribution in [0.1, 0.15) is 35.8 Å². The zero-order valence-corrected chi connectivity index (χ0v) is 11.3. The Balaban J connectivity index is 2.02. The van der Waals surface area contributed by atoms with Crippen LogP contribution < -0.4 is 10.6 Å². The summed E-state index contributed by atoms with van der Waals surface area (Å²) < 4.78 is 0. The van der Waals surface area contributed by atoms with Gasteiger partial charge in [-0.15, -0.1) is 11.3 Å². The SMILES string of the molecule is CCNCCC(=O)Nc1sc2c(c1C#N)CCC2. The summed E-state index contributed by atoms with van der Waals surface area (Å²) in [4.78, 5) is 13.0. The van der Waals surface area contributed by atoms with E-state index in [0.29, 0.717) is 18.5 Å². The number of hydrogen-bond donors (Lipinski definition) is 2. The van der Waals surface area contributed by atoms with Gasteiger partial charge in [0.15, 0.2) is 0 Å². The molecule has 0 saturated carbocycles. The third kappa shape index (κ3) is 2.71. The van der Waals surface area contributed by atoms with Gasteiger partial charge in [0.25, 0.3) is 0 Å². The number of rotatable bonds is 5. The third-order valence-corrected chi connectivity index (χ3v) is 4.27. The highest BCUT2D eigenvalue weighted by Gasteiger charge is 2.22. The van der Waals surface area contributed by atoms with E-state index < -0.39 is 0 Å². The summed E-state index contributed by atoms with van der Waals surface area (Å²) in [5, 5.41) is 15.9. The van der Waals surface area contributed by atoms with E-state index in [9.17, 15) is 10.1 Å². The van der Waals surface area contributed by atoms with E-state index in [1.807, 2.05) is 6.92 Å². The summed E-state index contributed by atoms with van der Waals surface area (Å²) in [6.07, 6.45) is 3.59. The number of hydrogen-bond acceptors (Lipinski definition) is 4. The second kappa shape index (κ2) is 5.98. The van der Waals surface area contributed by atoms with Crippen LogP contribution in [-0.2, 0) is 17.6 Å². The molecule has 96 valence electrons. The first-order valence-electron chi connectivity index (χ1n) is 6.31. The Labute approximate surface area is 111 Å². The number of nitrogens with zero attached hydrogens (tertiary/aromatic N) is 1. The maximum atomic E-state index is 11.7. The number of carbonyl (C=O) groups excluding carboxylic acids is 1. The van der Waals surface area contributed by atoms with Gasteiger partial charge in [-0.3, -0.25) is 4.79 Å². The second-order valence-corrected chi connectivity index (χ2v) is 5.43. The average molecular weight is 263 g/mol. The minimum Gasteiger partial charge on any atom is -0.317 e. The number of thiophene rings is 1. The van der Waals surface area contributed by atoms with Crippen LogP contribution in [-0.4, -0.2) is 19.0 Å². The molecule has 18 heavy (non-hydrogen) atoms. The number of carbonyl (C=O) groups is 1. The molecule has 0 saturated heterocycles. The van der Waals surface area contributed by atoms with Crippen LogP contribution in [0.3, 0.4) is 0 Å². The van der Waals surface area contributed by atoms with Gasteiger partial charge < -0.3 is 10.6 Å². The standard InChI is InChI=1S/C13H17N3OS/c1-2-15-7-6-12(17)16-13-10(8-14)9-4-3-5-11(9)18-13/h15H,2-7H2,1H3,(H,16,17). The van der Waals surface area contributed by atoms with Crippen molar-refractivity contribution in [2.24, 2.45) is 0 Å². The third-order valence-electron chi connectivity index (χ3n) is 3.06. The van der Waals surface area contributed by atoms with E-state index >= 15 is 0 Å². The van der Waals surface area contributed by atoms with E-state index in [4.69, 9.17) is 0 Å². The molecule has 1 heterocycles. The minimum absolute atomic E-state index is 0.0210. The van der Waals surface area contributed by atoms with E-state index in [-0.39, 0.29) is 5.91 Å². The number of amides is 1. The predicted octanol–water partition coefficient (Wildman–Crippen LogP) is 2.05. The first-order chi connectivity index (χ1) is 8.76. The van der Waals surface area contributed by atoms with Crippen molar-refractivity contribution in [3.05, 3.63) is 16.0 Å². The molecule has 4 nitrogen and oxygen atoms in total. The molecule has 0 radical (unpaired) electrons. The van der Waals surface area contributed by atoms with Crippen molar-refractivity contribution < 1.29 is 4.79 Å². The van der Waals surface area contributed by atoms with Crippen molar-refractivity contribution in [3.63, 3.8) is 0 Å². The van der Waals surface area contributed by atoms with Gasteiger partial charge in [-0.25, -0.2) is 0 Å². The molecule has 2 N–H and O–H groups in total. The van der Waals surface area contributed by atoms with Gasteiger partial charge in [-0.05, 0) is 31.4 Å². The fourth-order valence-electron chi connectivity index (χ4n) is 2.18. The van der Waals surface area contributed by atoms with Crippen molar-refractivity contribution in [2.75, 3.05) is 18.4 Å². The summed E-state index contributed by atoms with van der Waals surface area (Å²) in [6, 6.07) is 2.23. The van der Waals surface area contributed by atoms with Crippen LogP contribution in [0.5, 0.6) is 0 Å². The molecule has 1 aromatic rings. The molecule has 0 fully saturated rings. The lowest BCUT2D eigenvalue weighted by molar-refractivity contribution is -0.116. The Hall–Kier alpha value is -1.38. The number of nitriles is 1. The molecular weight excluding hydrogens is 246 g/mol. The summed E-state index contributed by atoms with van der Waals surface area (Å²) in [6.45, 7) is 3.55. The monoisotopic (exact) mass is 263 g/mol. The quantitative estimate of drug-likeness (QED) is 0.799. The van der Waals surface area contributed by atoms with E-state index in [2.05, 4.69) is 16.7 Å². The Morgan fingerprint density at radius 1 is 1.50 bits per heavy atom. The highest BCUT2D eigenvalue weighted by molar-refractivity contribution is 7.16. The van der Waals surface area contributed by atoms with Crippen molar-refractivity contribution in [1.82, 2.24) is 5.32 Å². The molecule has 5 heteroatoms. The summed E-state index contributed by atoms with van der Waals surface area (Å²) in [5.74, 6) is -0.0210. The highest BCUT2D eigenvalue weighted by atomic mass is 32.1.